The van der Waals surface area contributed by atoms with Crippen molar-refractivity contribution in [2.45, 2.75) is 0 Å². The Hall–Kier alpha value is -1.43. The van der Waals surface area contributed by atoms with Gasteiger partial charge in [0.05, 0.1) is 6.54 Å². The first-order valence-electron chi connectivity index (χ1n) is 3.99. The molecule has 0 aromatic carbocycles. The van der Waals surface area contributed by atoms with Crippen LogP contribution in [0.25, 0.3) is 0 Å². The first-order valence-corrected chi connectivity index (χ1v) is 4.87. The molecule has 0 aliphatic carbocycles. The molecular formula is C8H11N3O2S. The minimum atomic E-state index is -0.310. The first kappa shape index (κ1) is 10.6. The van der Waals surface area contributed by atoms with Crippen LogP contribution in [0.3, 0.4) is 0 Å². The number of likely N-dealkylation sites (N-methyl/N-ethyl adjacent to an activating group) is 1. The second-order valence-electron chi connectivity index (χ2n) is 2.81. The molecule has 0 radical (unpaired) electrons. The van der Waals surface area contributed by atoms with E-state index in [-0.39, 0.29) is 18.4 Å². The van der Waals surface area contributed by atoms with Crippen LogP contribution in [0.5, 0.6) is 0 Å². The maximum atomic E-state index is 11.3. The number of rotatable bonds is 3. The van der Waals surface area contributed by atoms with Crippen LogP contribution in [0.4, 0.5) is 0 Å². The van der Waals surface area contributed by atoms with Gasteiger partial charge >= 0.3 is 0 Å². The van der Waals surface area contributed by atoms with Gasteiger partial charge < -0.3 is 10.2 Å². The summed E-state index contributed by atoms with van der Waals surface area (Å²) in [4.78, 5) is 27.6. The summed E-state index contributed by atoms with van der Waals surface area (Å²) < 4.78 is 0. The van der Waals surface area contributed by atoms with E-state index in [0.717, 1.165) is 0 Å². The number of carbonyl (C=O) groups excluding carboxylic acids is 2. The smallest absolute Gasteiger partial charge is 0.280 e. The molecule has 0 atom stereocenters. The average Bonchev–Trinajstić information content (AvgIpc) is 2.66. The van der Waals surface area contributed by atoms with Gasteiger partial charge in [0, 0.05) is 25.7 Å². The monoisotopic (exact) mass is 213 g/mol. The quantitative estimate of drug-likeness (QED) is 0.766. The van der Waals surface area contributed by atoms with E-state index in [1.54, 1.807) is 25.7 Å². The molecule has 1 heterocycles. The number of hydrogen-bond donors (Lipinski definition) is 1. The zero-order valence-electron chi connectivity index (χ0n) is 7.98. The Kier molecular flexibility index (Phi) is 3.58. The molecule has 0 saturated heterocycles. The van der Waals surface area contributed by atoms with Gasteiger partial charge in [-0.15, -0.1) is 11.3 Å². The van der Waals surface area contributed by atoms with Crippen LogP contribution >= 0.6 is 11.3 Å². The Labute approximate surface area is 85.7 Å². The van der Waals surface area contributed by atoms with Crippen LogP contribution < -0.4 is 5.32 Å². The Morgan fingerprint density at radius 3 is 2.79 bits per heavy atom. The molecular weight excluding hydrogens is 202 g/mol. The van der Waals surface area contributed by atoms with Gasteiger partial charge in [-0.05, 0) is 0 Å². The van der Waals surface area contributed by atoms with Crippen molar-refractivity contribution < 1.29 is 9.59 Å². The lowest BCUT2D eigenvalue weighted by Gasteiger charge is -2.09. The van der Waals surface area contributed by atoms with E-state index < -0.39 is 0 Å². The van der Waals surface area contributed by atoms with Crippen LogP contribution in [0.1, 0.15) is 9.80 Å². The van der Waals surface area contributed by atoms with E-state index in [4.69, 9.17) is 0 Å². The van der Waals surface area contributed by atoms with Crippen molar-refractivity contribution in [1.29, 1.82) is 0 Å². The van der Waals surface area contributed by atoms with E-state index in [1.807, 2.05) is 0 Å². The standard InChI is InChI=1S/C8H11N3O2S/c1-11(2)6(12)5-10-7(13)8-9-3-4-14-8/h3-4H,5H2,1-2H3,(H,10,13). The van der Waals surface area contributed by atoms with E-state index >= 15 is 0 Å². The molecule has 0 aliphatic rings. The Balaban J connectivity index is 2.40. The summed E-state index contributed by atoms with van der Waals surface area (Å²) in [5.41, 5.74) is 0. The highest BCUT2D eigenvalue weighted by molar-refractivity contribution is 7.11. The number of carbonyl (C=O) groups is 2. The summed E-state index contributed by atoms with van der Waals surface area (Å²) in [7, 11) is 3.27. The third-order valence-electron chi connectivity index (χ3n) is 1.53. The molecule has 2 amide bonds. The zero-order chi connectivity index (χ0) is 10.6. The maximum absolute atomic E-state index is 11.3. The van der Waals surface area contributed by atoms with Crippen molar-refractivity contribution in [2.24, 2.45) is 0 Å². The van der Waals surface area contributed by atoms with Crippen LogP contribution in [0.2, 0.25) is 0 Å². The van der Waals surface area contributed by atoms with Crippen molar-refractivity contribution in [1.82, 2.24) is 15.2 Å². The van der Waals surface area contributed by atoms with Gasteiger partial charge in [0.1, 0.15) is 0 Å². The lowest BCUT2D eigenvalue weighted by atomic mass is 10.5. The minimum Gasteiger partial charge on any atom is -0.347 e. The third kappa shape index (κ3) is 2.81. The summed E-state index contributed by atoms with van der Waals surface area (Å²) in [6.45, 7) is 0.00537. The molecule has 76 valence electrons. The second kappa shape index (κ2) is 4.71. The van der Waals surface area contributed by atoms with Gasteiger partial charge in [0.15, 0.2) is 5.01 Å². The van der Waals surface area contributed by atoms with Crippen molar-refractivity contribution >= 4 is 23.2 Å². The molecule has 0 aliphatic heterocycles. The van der Waals surface area contributed by atoms with Crippen molar-refractivity contribution in [3.63, 3.8) is 0 Å². The number of thiazole rings is 1. The number of nitrogens with one attached hydrogen (secondary N) is 1. The Morgan fingerprint density at radius 2 is 2.29 bits per heavy atom. The molecule has 5 nitrogen and oxygen atoms in total. The predicted molar refractivity (Wildman–Crippen MR) is 53.1 cm³/mol. The fraction of sp³-hybridized carbons (Fsp3) is 0.375. The van der Waals surface area contributed by atoms with Gasteiger partial charge in [0.2, 0.25) is 5.91 Å². The SMILES string of the molecule is CN(C)C(=O)CNC(=O)c1nccs1. The highest BCUT2D eigenvalue weighted by Crippen LogP contribution is 2.02. The molecule has 1 aromatic rings. The summed E-state index contributed by atoms with van der Waals surface area (Å²) in [6, 6.07) is 0. The zero-order valence-corrected chi connectivity index (χ0v) is 8.80. The largest absolute Gasteiger partial charge is 0.347 e. The summed E-state index contributed by atoms with van der Waals surface area (Å²) in [5, 5.41) is 4.57. The molecule has 0 fully saturated rings. The number of amides is 2. The van der Waals surface area contributed by atoms with Crippen LogP contribution in [0, 0.1) is 0 Å². The lowest BCUT2D eigenvalue weighted by molar-refractivity contribution is -0.127. The van der Waals surface area contributed by atoms with Gasteiger partial charge in [-0.1, -0.05) is 0 Å². The number of nitrogens with zero attached hydrogens (tertiary/aromatic N) is 2. The summed E-state index contributed by atoms with van der Waals surface area (Å²) in [6.07, 6.45) is 1.55. The number of hydrogen-bond acceptors (Lipinski definition) is 4. The lowest BCUT2D eigenvalue weighted by Crippen LogP contribution is -2.36. The van der Waals surface area contributed by atoms with Gasteiger partial charge in [-0.2, -0.15) is 0 Å². The summed E-state index contributed by atoms with van der Waals surface area (Å²) >= 11 is 1.24. The molecule has 1 aromatic heterocycles. The first-order chi connectivity index (χ1) is 6.61. The predicted octanol–water partition coefficient (Wildman–Crippen LogP) is -0.0389. The van der Waals surface area contributed by atoms with Crippen molar-refractivity contribution in [3.05, 3.63) is 16.6 Å². The normalized spacial score (nSPS) is 9.57. The van der Waals surface area contributed by atoms with Crippen LogP contribution in [-0.2, 0) is 4.79 Å². The molecule has 0 unspecified atom stereocenters. The highest BCUT2D eigenvalue weighted by Gasteiger charge is 2.10. The minimum absolute atomic E-state index is 0.00537. The second-order valence-corrected chi connectivity index (χ2v) is 3.70. The fourth-order valence-electron chi connectivity index (χ4n) is 0.725. The van der Waals surface area contributed by atoms with Crippen molar-refractivity contribution in [3.8, 4) is 0 Å². The highest BCUT2D eigenvalue weighted by atomic mass is 32.1. The molecule has 14 heavy (non-hydrogen) atoms. The summed E-state index contributed by atoms with van der Waals surface area (Å²) in [5.74, 6) is -0.454. The molecule has 0 saturated carbocycles. The number of aromatic nitrogens is 1. The van der Waals surface area contributed by atoms with Gasteiger partial charge in [-0.25, -0.2) is 4.98 Å². The molecule has 1 N–H and O–H groups in total. The maximum Gasteiger partial charge on any atom is 0.280 e. The van der Waals surface area contributed by atoms with E-state index in [0.29, 0.717) is 5.01 Å². The Morgan fingerprint density at radius 1 is 1.57 bits per heavy atom. The topological polar surface area (TPSA) is 62.3 Å². The van der Waals surface area contributed by atoms with E-state index in [2.05, 4.69) is 10.3 Å². The molecule has 0 spiro atoms. The molecule has 1 rings (SSSR count). The van der Waals surface area contributed by atoms with E-state index in [1.165, 1.54) is 16.2 Å². The van der Waals surface area contributed by atoms with Crippen LogP contribution in [-0.4, -0.2) is 42.3 Å². The molecule has 6 heteroatoms. The van der Waals surface area contributed by atoms with Gasteiger partial charge in [-0.3, -0.25) is 9.59 Å². The van der Waals surface area contributed by atoms with Crippen molar-refractivity contribution in [2.75, 3.05) is 20.6 Å². The average molecular weight is 213 g/mol. The van der Waals surface area contributed by atoms with Gasteiger partial charge in [0.25, 0.3) is 5.91 Å². The van der Waals surface area contributed by atoms with E-state index in [9.17, 15) is 9.59 Å². The Bertz CT molecular complexity index is 321. The fourth-order valence-corrected chi connectivity index (χ4v) is 1.28. The third-order valence-corrected chi connectivity index (χ3v) is 2.30. The molecule has 0 bridgehead atoms. The van der Waals surface area contributed by atoms with Crippen LogP contribution in [0.15, 0.2) is 11.6 Å².